The summed E-state index contributed by atoms with van der Waals surface area (Å²) in [5.74, 6) is -0.129. The highest BCUT2D eigenvalue weighted by Crippen LogP contribution is 2.19. The Morgan fingerprint density at radius 2 is 2.32 bits per heavy atom. The summed E-state index contributed by atoms with van der Waals surface area (Å²) in [6, 6.07) is 1.47. The van der Waals surface area contributed by atoms with E-state index < -0.39 is 6.04 Å². The number of nitrogens with one attached hydrogen (secondary N) is 2. The maximum Gasteiger partial charge on any atom is 0.237 e. The number of hydrogen-bond acceptors (Lipinski definition) is 4. The van der Waals surface area contributed by atoms with Crippen LogP contribution < -0.4 is 10.6 Å². The van der Waals surface area contributed by atoms with E-state index in [2.05, 4.69) is 16.7 Å². The van der Waals surface area contributed by atoms with Gasteiger partial charge in [-0.3, -0.25) is 14.5 Å². The summed E-state index contributed by atoms with van der Waals surface area (Å²) < 4.78 is 5.10. The Balaban J connectivity index is 1.48. The smallest absolute Gasteiger partial charge is 0.237 e. The maximum atomic E-state index is 12.3. The van der Waals surface area contributed by atoms with Gasteiger partial charge in [-0.1, -0.05) is 11.6 Å². The van der Waals surface area contributed by atoms with Crippen LogP contribution in [0.1, 0.15) is 44.1 Å². The zero-order valence-corrected chi connectivity index (χ0v) is 14.6. The minimum Gasteiger partial charge on any atom is -0.472 e. The number of amides is 2. The lowest BCUT2D eigenvalue weighted by Gasteiger charge is -2.34. The lowest BCUT2D eigenvalue weighted by Crippen LogP contribution is -2.56. The Bertz CT molecular complexity index is 609. The minimum absolute atomic E-state index is 0.0596. The van der Waals surface area contributed by atoms with E-state index in [0.717, 1.165) is 31.4 Å². The van der Waals surface area contributed by atoms with Crippen LogP contribution in [0, 0.1) is 0 Å². The zero-order chi connectivity index (χ0) is 17.5. The minimum atomic E-state index is -0.419. The maximum absolute atomic E-state index is 12.3. The van der Waals surface area contributed by atoms with Crippen molar-refractivity contribution in [2.45, 2.75) is 51.1 Å². The van der Waals surface area contributed by atoms with Crippen molar-refractivity contribution in [3.8, 4) is 0 Å². The number of carbonyl (C=O) groups is 2. The quantitative estimate of drug-likeness (QED) is 0.741. The first-order valence-electron chi connectivity index (χ1n) is 9.20. The van der Waals surface area contributed by atoms with E-state index >= 15 is 0 Å². The molecule has 1 aliphatic carbocycles. The molecule has 1 aromatic heterocycles. The van der Waals surface area contributed by atoms with Crippen LogP contribution in [-0.4, -0.2) is 42.4 Å². The summed E-state index contributed by atoms with van der Waals surface area (Å²) in [6.07, 6.45) is 11.6. The Morgan fingerprint density at radius 3 is 3.08 bits per heavy atom. The monoisotopic (exact) mass is 345 g/mol. The number of furan rings is 1. The molecule has 1 unspecified atom stereocenters. The van der Waals surface area contributed by atoms with E-state index in [1.807, 2.05) is 11.0 Å². The van der Waals surface area contributed by atoms with Crippen molar-refractivity contribution in [1.29, 1.82) is 0 Å². The summed E-state index contributed by atoms with van der Waals surface area (Å²) in [4.78, 5) is 26.6. The normalized spacial score (nSPS) is 21.5. The summed E-state index contributed by atoms with van der Waals surface area (Å²) in [5, 5.41) is 5.83. The van der Waals surface area contributed by atoms with Crippen molar-refractivity contribution < 1.29 is 14.0 Å². The van der Waals surface area contributed by atoms with Gasteiger partial charge < -0.3 is 15.1 Å². The molecule has 6 nitrogen and oxygen atoms in total. The van der Waals surface area contributed by atoms with Crippen LogP contribution in [0.3, 0.4) is 0 Å². The van der Waals surface area contributed by atoms with Crippen LogP contribution in [-0.2, 0) is 16.1 Å². The predicted octanol–water partition coefficient (Wildman–Crippen LogP) is 1.98. The molecule has 25 heavy (non-hydrogen) atoms. The fraction of sp³-hybridized carbons (Fsp3) is 0.579. The molecular formula is C19H27N3O3. The SMILES string of the molecule is O=C(CC1C(=O)NCCN1Cc1ccoc1)NCCC1=CCCCC1. The van der Waals surface area contributed by atoms with Crippen molar-refractivity contribution in [3.05, 3.63) is 35.8 Å². The van der Waals surface area contributed by atoms with E-state index in [-0.39, 0.29) is 18.2 Å². The van der Waals surface area contributed by atoms with Gasteiger partial charge in [0.1, 0.15) is 0 Å². The second-order valence-electron chi connectivity index (χ2n) is 6.82. The molecular weight excluding hydrogens is 318 g/mol. The Morgan fingerprint density at radius 1 is 1.40 bits per heavy atom. The first kappa shape index (κ1) is 17.7. The van der Waals surface area contributed by atoms with Gasteiger partial charge in [0.05, 0.1) is 25.0 Å². The van der Waals surface area contributed by atoms with E-state index in [1.165, 1.54) is 18.4 Å². The molecule has 2 heterocycles. The molecule has 0 bridgehead atoms. The van der Waals surface area contributed by atoms with E-state index in [1.54, 1.807) is 12.5 Å². The second kappa shape index (κ2) is 8.85. The lowest BCUT2D eigenvalue weighted by molar-refractivity contribution is -0.134. The Labute approximate surface area is 148 Å². The van der Waals surface area contributed by atoms with Crippen LogP contribution in [0.25, 0.3) is 0 Å². The number of carbonyl (C=O) groups excluding carboxylic acids is 2. The number of rotatable bonds is 7. The van der Waals surface area contributed by atoms with Crippen molar-refractivity contribution in [2.75, 3.05) is 19.6 Å². The van der Waals surface area contributed by atoms with E-state index in [4.69, 9.17) is 4.42 Å². The van der Waals surface area contributed by atoms with Gasteiger partial charge in [-0.05, 0) is 38.2 Å². The average Bonchev–Trinajstić information content (AvgIpc) is 3.12. The number of allylic oxidation sites excluding steroid dienone is 1. The van der Waals surface area contributed by atoms with Crippen LogP contribution in [0.15, 0.2) is 34.7 Å². The number of hydrogen-bond donors (Lipinski definition) is 2. The predicted molar refractivity (Wildman–Crippen MR) is 94.7 cm³/mol. The summed E-state index contributed by atoms with van der Waals surface area (Å²) in [6.45, 7) is 2.63. The highest BCUT2D eigenvalue weighted by atomic mass is 16.3. The molecule has 2 aliphatic rings. The van der Waals surface area contributed by atoms with Gasteiger partial charge in [0.2, 0.25) is 11.8 Å². The molecule has 1 aliphatic heterocycles. The van der Waals surface area contributed by atoms with Gasteiger partial charge >= 0.3 is 0 Å². The summed E-state index contributed by atoms with van der Waals surface area (Å²) in [5.41, 5.74) is 2.47. The molecule has 136 valence electrons. The fourth-order valence-electron chi connectivity index (χ4n) is 3.53. The largest absolute Gasteiger partial charge is 0.472 e. The van der Waals surface area contributed by atoms with Gasteiger partial charge in [-0.15, -0.1) is 0 Å². The molecule has 3 rings (SSSR count). The molecule has 0 radical (unpaired) electrons. The van der Waals surface area contributed by atoms with E-state index in [0.29, 0.717) is 19.6 Å². The highest BCUT2D eigenvalue weighted by Gasteiger charge is 2.31. The molecule has 1 atom stereocenters. The van der Waals surface area contributed by atoms with Crippen molar-refractivity contribution >= 4 is 11.8 Å². The molecule has 2 N–H and O–H groups in total. The third-order valence-corrected chi connectivity index (χ3v) is 4.94. The summed E-state index contributed by atoms with van der Waals surface area (Å²) in [7, 11) is 0. The van der Waals surface area contributed by atoms with E-state index in [9.17, 15) is 9.59 Å². The van der Waals surface area contributed by atoms with Crippen molar-refractivity contribution in [1.82, 2.24) is 15.5 Å². The molecule has 0 spiro atoms. The molecule has 6 heteroatoms. The van der Waals surface area contributed by atoms with Gasteiger partial charge in [0.15, 0.2) is 0 Å². The summed E-state index contributed by atoms with van der Waals surface area (Å²) >= 11 is 0. The third kappa shape index (κ3) is 5.19. The van der Waals surface area contributed by atoms with Crippen LogP contribution in [0.4, 0.5) is 0 Å². The van der Waals surface area contributed by atoms with Crippen LogP contribution >= 0.6 is 0 Å². The molecule has 1 aromatic rings. The zero-order valence-electron chi connectivity index (χ0n) is 14.6. The first-order valence-corrected chi connectivity index (χ1v) is 9.20. The van der Waals surface area contributed by atoms with Gasteiger partial charge in [0, 0.05) is 31.7 Å². The topological polar surface area (TPSA) is 74.6 Å². The lowest BCUT2D eigenvalue weighted by atomic mass is 9.97. The van der Waals surface area contributed by atoms with Gasteiger partial charge in [-0.25, -0.2) is 0 Å². The molecule has 2 amide bonds. The molecule has 1 fully saturated rings. The highest BCUT2D eigenvalue weighted by molar-refractivity contribution is 5.88. The fourth-order valence-corrected chi connectivity index (χ4v) is 3.53. The van der Waals surface area contributed by atoms with Crippen LogP contribution in [0.5, 0.6) is 0 Å². The standard InChI is InChI=1S/C19H27N3O3/c23-18(20-8-6-15-4-2-1-3-5-15)12-17-19(24)21-9-10-22(17)13-16-7-11-25-14-16/h4,7,11,14,17H,1-3,5-6,8-10,12-13H2,(H,20,23)(H,21,24). The number of piperazine rings is 1. The number of nitrogens with zero attached hydrogens (tertiary/aromatic N) is 1. The average molecular weight is 345 g/mol. The van der Waals surface area contributed by atoms with Crippen molar-refractivity contribution in [2.24, 2.45) is 0 Å². The van der Waals surface area contributed by atoms with Crippen molar-refractivity contribution in [3.63, 3.8) is 0 Å². The van der Waals surface area contributed by atoms with Crippen LogP contribution in [0.2, 0.25) is 0 Å². The molecule has 0 aromatic carbocycles. The van der Waals surface area contributed by atoms with Gasteiger partial charge in [0.25, 0.3) is 0 Å². The van der Waals surface area contributed by atoms with Gasteiger partial charge in [-0.2, -0.15) is 0 Å². The second-order valence-corrected chi connectivity index (χ2v) is 6.82. The Hall–Kier alpha value is -2.08. The molecule has 1 saturated heterocycles. The first-order chi connectivity index (χ1) is 12.2. The Kier molecular flexibility index (Phi) is 6.28. The third-order valence-electron chi connectivity index (χ3n) is 4.94. The molecule has 0 saturated carbocycles.